The maximum absolute atomic E-state index is 11.8. The summed E-state index contributed by atoms with van der Waals surface area (Å²) in [6, 6.07) is 0. The maximum Gasteiger partial charge on any atom is 0.363 e. The number of ether oxygens (including phenoxy) is 1. The molecule has 1 aliphatic heterocycles. The Labute approximate surface area is 46.6 Å². The van der Waals surface area contributed by atoms with Gasteiger partial charge in [-0.25, -0.2) is 0 Å². The first kappa shape index (κ1) is 5.95. The summed E-state index contributed by atoms with van der Waals surface area (Å²) in [5.41, 5.74) is 0. The van der Waals surface area contributed by atoms with E-state index >= 15 is 0 Å². The highest BCUT2D eigenvalue weighted by molar-refractivity contribution is 4.82. The molecule has 1 aliphatic rings. The molecule has 1 heterocycles. The monoisotopic (exact) mass is 118 g/mol. The maximum atomic E-state index is 11.8. The summed E-state index contributed by atoms with van der Waals surface area (Å²) in [5, 5.41) is 0. The zero-order valence-electron chi connectivity index (χ0n) is 4.08. The Kier molecular flexibility index (Phi) is 1.47. The molecule has 0 aromatic heterocycles. The second kappa shape index (κ2) is 1.97. The second-order valence-electron chi connectivity index (χ2n) is 1.44. The molecule has 1 nitrogen and oxygen atoms in total. The minimum Gasteiger partial charge on any atom is -0.307 e. The summed E-state index contributed by atoms with van der Waals surface area (Å²) in [4.78, 5) is 0. The van der Waals surface area contributed by atoms with Gasteiger partial charge in [-0.1, -0.05) is 0 Å². The van der Waals surface area contributed by atoms with E-state index in [1.165, 1.54) is 0 Å². The molecule has 44 valence electrons. The molecule has 4 radical (unpaired) electrons. The molecule has 0 aromatic carbocycles. The van der Waals surface area contributed by atoms with Crippen LogP contribution < -0.4 is 0 Å². The lowest BCUT2D eigenvalue weighted by atomic mass is 10.2. The van der Waals surface area contributed by atoms with Gasteiger partial charge in [0.05, 0.1) is 6.42 Å². The van der Waals surface area contributed by atoms with E-state index in [1.54, 1.807) is 0 Å². The third-order valence-corrected chi connectivity index (χ3v) is 0.758. The van der Waals surface area contributed by atoms with Crippen LogP contribution in [0.1, 0.15) is 12.8 Å². The van der Waals surface area contributed by atoms with Gasteiger partial charge >= 0.3 is 6.11 Å². The Morgan fingerprint density at radius 1 is 1.38 bits per heavy atom. The van der Waals surface area contributed by atoms with Gasteiger partial charge in [0.2, 0.25) is 0 Å². The van der Waals surface area contributed by atoms with Crippen molar-refractivity contribution in [3.05, 3.63) is 13.0 Å². The topological polar surface area (TPSA) is 9.23 Å². The molecule has 0 unspecified atom stereocenters. The van der Waals surface area contributed by atoms with Crippen LogP contribution in [0.15, 0.2) is 0 Å². The van der Waals surface area contributed by atoms with E-state index in [9.17, 15) is 8.78 Å². The van der Waals surface area contributed by atoms with Crippen LogP contribution >= 0.6 is 0 Å². The fraction of sp³-hybridized carbons (Fsp3) is 0.600. The lowest BCUT2D eigenvalue weighted by Gasteiger charge is -2.18. The van der Waals surface area contributed by atoms with Gasteiger partial charge in [-0.05, 0) is 12.8 Å². The fourth-order valence-electron chi connectivity index (χ4n) is 0.437. The van der Waals surface area contributed by atoms with Crippen LogP contribution in [-0.4, -0.2) is 6.11 Å². The van der Waals surface area contributed by atoms with Crippen LogP contribution in [0.3, 0.4) is 0 Å². The minimum absolute atomic E-state index is 0.229. The van der Waals surface area contributed by atoms with E-state index in [0.717, 1.165) is 0 Å². The Bertz CT molecular complexity index is 74.5. The second-order valence-corrected chi connectivity index (χ2v) is 1.44. The van der Waals surface area contributed by atoms with Crippen LogP contribution in [-0.2, 0) is 4.74 Å². The van der Waals surface area contributed by atoms with Crippen molar-refractivity contribution in [3.8, 4) is 0 Å². The van der Waals surface area contributed by atoms with Crippen molar-refractivity contribution in [3.63, 3.8) is 0 Å². The van der Waals surface area contributed by atoms with Gasteiger partial charge in [0.25, 0.3) is 0 Å². The van der Waals surface area contributed by atoms with Gasteiger partial charge in [0, 0.05) is 0 Å². The van der Waals surface area contributed by atoms with Gasteiger partial charge in [-0.3, -0.25) is 0 Å². The predicted molar refractivity (Wildman–Crippen MR) is 21.8 cm³/mol. The Hall–Kier alpha value is -0.180. The molecule has 1 rings (SSSR count). The van der Waals surface area contributed by atoms with Crippen molar-refractivity contribution in [1.29, 1.82) is 0 Å². The third kappa shape index (κ3) is 1.40. The number of hydrogen-bond donors (Lipinski definition) is 0. The molecule has 0 bridgehead atoms. The SMILES string of the molecule is FC1(F)[C]CC[C]O1. The van der Waals surface area contributed by atoms with E-state index in [-0.39, 0.29) is 6.42 Å². The molecule has 3 heteroatoms. The van der Waals surface area contributed by atoms with Crippen molar-refractivity contribution in [2.75, 3.05) is 0 Å². The van der Waals surface area contributed by atoms with Crippen molar-refractivity contribution in [1.82, 2.24) is 0 Å². The number of hydrogen-bond acceptors (Lipinski definition) is 1. The fourth-order valence-corrected chi connectivity index (χ4v) is 0.437. The zero-order valence-corrected chi connectivity index (χ0v) is 4.08. The summed E-state index contributed by atoms with van der Waals surface area (Å²) in [7, 11) is 0. The lowest BCUT2D eigenvalue weighted by Crippen LogP contribution is -2.23. The molecular weight excluding hydrogens is 114 g/mol. The van der Waals surface area contributed by atoms with E-state index in [4.69, 9.17) is 0 Å². The normalized spacial score (nSPS) is 27.8. The zero-order chi connectivity index (χ0) is 6.04. The minimum atomic E-state index is -3.18. The van der Waals surface area contributed by atoms with Crippen LogP contribution in [0.2, 0.25) is 0 Å². The van der Waals surface area contributed by atoms with Crippen molar-refractivity contribution in [2.24, 2.45) is 0 Å². The van der Waals surface area contributed by atoms with Crippen LogP contribution in [0.25, 0.3) is 0 Å². The Morgan fingerprint density at radius 3 is 2.38 bits per heavy atom. The first-order valence-electron chi connectivity index (χ1n) is 2.24. The molecule has 1 saturated heterocycles. The molecule has 0 aliphatic carbocycles. The average molecular weight is 118 g/mol. The molecule has 0 saturated carbocycles. The van der Waals surface area contributed by atoms with Crippen molar-refractivity contribution in [2.45, 2.75) is 19.0 Å². The highest BCUT2D eigenvalue weighted by Gasteiger charge is 2.33. The summed E-state index contributed by atoms with van der Waals surface area (Å²) < 4.78 is 27.4. The quantitative estimate of drug-likeness (QED) is 0.468. The standard InChI is InChI=1S/C5H4F2O/c6-5(7)3-1-2-4-8-5/h1-2H2. The molecule has 8 heavy (non-hydrogen) atoms. The number of rotatable bonds is 0. The molecule has 0 aromatic rings. The van der Waals surface area contributed by atoms with Crippen LogP contribution in [0, 0.1) is 13.0 Å². The third-order valence-electron chi connectivity index (χ3n) is 0.758. The van der Waals surface area contributed by atoms with Crippen LogP contribution in [0.5, 0.6) is 0 Å². The molecule has 0 N–H and O–H groups in total. The summed E-state index contributed by atoms with van der Waals surface area (Å²) in [6.45, 7) is 2.06. The smallest absolute Gasteiger partial charge is 0.307 e. The van der Waals surface area contributed by atoms with Crippen molar-refractivity contribution >= 4 is 0 Å². The highest BCUT2D eigenvalue weighted by Crippen LogP contribution is 2.27. The van der Waals surface area contributed by atoms with Gasteiger partial charge in [-0.15, -0.1) is 0 Å². The predicted octanol–water partition coefficient (Wildman–Crippen LogP) is 1.51. The lowest BCUT2D eigenvalue weighted by molar-refractivity contribution is -0.203. The largest absolute Gasteiger partial charge is 0.363 e. The average Bonchev–Trinajstić information content (AvgIpc) is 1.65. The van der Waals surface area contributed by atoms with Gasteiger partial charge in [0.1, 0.15) is 6.61 Å². The van der Waals surface area contributed by atoms with E-state index in [0.29, 0.717) is 6.42 Å². The van der Waals surface area contributed by atoms with Crippen LogP contribution in [0.4, 0.5) is 8.78 Å². The van der Waals surface area contributed by atoms with E-state index in [2.05, 4.69) is 11.3 Å². The summed E-state index contributed by atoms with van der Waals surface area (Å²) in [6.07, 6.45) is -0.701. The summed E-state index contributed by atoms with van der Waals surface area (Å²) >= 11 is 0. The van der Waals surface area contributed by atoms with E-state index in [1.807, 2.05) is 6.42 Å². The first-order valence-corrected chi connectivity index (χ1v) is 2.24. The Morgan fingerprint density at radius 2 is 2.12 bits per heavy atom. The number of alkyl halides is 2. The summed E-state index contributed by atoms with van der Waals surface area (Å²) in [5.74, 6) is 0. The van der Waals surface area contributed by atoms with Gasteiger partial charge < -0.3 is 4.74 Å². The first-order chi connectivity index (χ1) is 3.71. The van der Waals surface area contributed by atoms with Crippen molar-refractivity contribution < 1.29 is 13.5 Å². The Balaban J connectivity index is 2.33. The van der Waals surface area contributed by atoms with Gasteiger partial charge in [0.15, 0.2) is 0 Å². The molecule has 0 amide bonds. The highest BCUT2D eigenvalue weighted by atomic mass is 19.3. The molecule has 0 spiro atoms. The number of halogens is 2. The molecular formula is C5H4F2O. The van der Waals surface area contributed by atoms with Gasteiger partial charge in [-0.2, -0.15) is 8.78 Å². The van der Waals surface area contributed by atoms with E-state index < -0.39 is 6.11 Å². The molecule has 1 fully saturated rings. The molecule has 0 atom stereocenters.